The van der Waals surface area contributed by atoms with Gasteiger partial charge in [0.2, 0.25) is 0 Å². The number of fused-ring (bicyclic) bond motifs is 3. The van der Waals surface area contributed by atoms with Crippen LogP contribution in [0.2, 0.25) is 0 Å². The number of benzene rings is 7. The molecule has 0 amide bonds. The second kappa shape index (κ2) is 13.5. The van der Waals surface area contributed by atoms with Crippen molar-refractivity contribution in [2.45, 2.75) is 12.8 Å². The zero-order chi connectivity index (χ0) is 35.8. The van der Waals surface area contributed by atoms with Gasteiger partial charge in [-0.15, -0.1) is 0 Å². The zero-order valence-corrected chi connectivity index (χ0v) is 29.5. The van der Waals surface area contributed by atoms with Crippen molar-refractivity contribution in [3.63, 3.8) is 0 Å². The Morgan fingerprint density at radius 3 is 1.59 bits per heavy atom. The number of hydrogen-bond donors (Lipinski definition) is 0. The fourth-order valence-electron chi connectivity index (χ4n) is 7.76. The van der Waals surface area contributed by atoms with E-state index in [4.69, 9.17) is 15.0 Å². The number of rotatable bonds is 6. The number of nitrogens with zero attached hydrogens (tertiary/aromatic N) is 4. The molecule has 7 aromatic carbocycles. The molecule has 0 atom stereocenters. The van der Waals surface area contributed by atoms with E-state index >= 15 is 0 Å². The van der Waals surface area contributed by atoms with Crippen LogP contribution in [0.4, 0.5) is 0 Å². The van der Waals surface area contributed by atoms with Gasteiger partial charge in [0.15, 0.2) is 17.5 Å². The fraction of sp³-hybridized carbons (Fsp3) is 0.0400. The molecular formula is C50H34N4. The molecule has 2 heterocycles. The lowest BCUT2D eigenvalue weighted by Gasteiger charge is -2.13. The SMILES string of the molecule is C1=c2ccccc2=C(c2ccc(-c3nc(-c4ccc(-c5cccc6ccccc56)cc4)nc(-c4ccc(-c5ccnc6ccccc56)cc4)n3)cc2)CC1. The van der Waals surface area contributed by atoms with Crippen molar-refractivity contribution in [1.82, 2.24) is 19.9 Å². The second-order valence-electron chi connectivity index (χ2n) is 13.7. The highest BCUT2D eigenvalue weighted by molar-refractivity contribution is 5.97. The average molecular weight is 691 g/mol. The predicted octanol–water partition coefficient (Wildman–Crippen LogP) is 10.7. The highest BCUT2D eigenvalue weighted by atomic mass is 15.0. The molecule has 4 nitrogen and oxygen atoms in total. The minimum absolute atomic E-state index is 0.634. The molecule has 54 heavy (non-hydrogen) atoms. The third-order valence-electron chi connectivity index (χ3n) is 10.5. The Bertz CT molecular complexity index is 2810. The summed E-state index contributed by atoms with van der Waals surface area (Å²) in [7, 11) is 0. The van der Waals surface area contributed by atoms with Gasteiger partial charge in [0.25, 0.3) is 0 Å². The smallest absolute Gasteiger partial charge is 0.164 e. The Morgan fingerprint density at radius 1 is 0.389 bits per heavy atom. The molecule has 9 aromatic rings. The first-order valence-corrected chi connectivity index (χ1v) is 18.4. The molecule has 0 radical (unpaired) electrons. The lowest BCUT2D eigenvalue weighted by molar-refractivity contribution is 1.07. The van der Waals surface area contributed by atoms with Gasteiger partial charge >= 0.3 is 0 Å². The van der Waals surface area contributed by atoms with Crippen LogP contribution >= 0.6 is 0 Å². The summed E-state index contributed by atoms with van der Waals surface area (Å²) in [5, 5.41) is 6.21. The summed E-state index contributed by atoms with van der Waals surface area (Å²) in [5.41, 5.74) is 11.0. The topological polar surface area (TPSA) is 51.6 Å². The zero-order valence-electron chi connectivity index (χ0n) is 29.5. The number of pyridine rings is 1. The van der Waals surface area contributed by atoms with Crippen molar-refractivity contribution < 1.29 is 0 Å². The number of hydrogen-bond acceptors (Lipinski definition) is 4. The lowest BCUT2D eigenvalue weighted by atomic mass is 9.93. The highest BCUT2D eigenvalue weighted by Gasteiger charge is 2.15. The predicted molar refractivity (Wildman–Crippen MR) is 222 cm³/mol. The van der Waals surface area contributed by atoms with E-state index in [0.29, 0.717) is 17.5 Å². The normalized spacial score (nSPS) is 12.4. The van der Waals surface area contributed by atoms with Crippen LogP contribution in [-0.2, 0) is 0 Å². The largest absolute Gasteiger partial charge is 0.256 e. The summed E-state index contributed by atoms with van der Waals surface area (Å²) in [4.78, 5) is 19.8. The standard InChI is InChI=1S/C50H34N4/c1-3-13-41-33(9-1)11-7-16-43(41)35-19-25-38(26-20-35)48-52-49(39-27-21-36(22-28-39)44-17-8-12-34-10-2-4-14-42(34)44)54-50(53-48)40-29-23-37(24-30-40)45-31-32-51-47-18-6-5-15-46(45)47/h1-7,9-16,18-32H,8,17H2. The van der Waals surface area contributed by atoms with Gasteiger partial charge in [-0.25, -0.2) is 15.0 Å². The Morgan fingerprint density at radius 2 is 0.907 bits per heavy atom. The molecule has 254 valence electrons. The van der Waals surface area contributed by atoms with E-state index in [1.807, 2.05) is 18.3 Å². The lowest BCUT2D eigenvalue weighted by Crippen LogP contribution is -2.29. The van der Waals surface area contributed by atoms with Crippen LogP contribution in [0.15, 0.2) is 176 Å². The van der Waals surface area contributed by atoms with E-state index < -0.39 is 0 Å². The van der Waals surface area contributed by atoms with Gasteiger partial charge in [-0.1, -0.05) is 164 Å². The minimum Gasteiger partial charge on any atom is -0.256 e. The molecular weight excluding hydrogens is 657 g/mol. The first-order chi connectivity index (χ1) is 26.7. The molecule has 10 rings (SSSR count). The van der Waals surface area contributed by atoms with Gasteiger partial charge < -0.3 is 0 Å². The van der Waals surface area contributed by atoms with Crippen molar-refractivity contribution in [2.75, 3.05) is 0 Å². The third kappa shape index (κ3) is 5.84. The monoisotopic (exact) mass is 690 g/mol. The summed E-state index contributed by atoms with van der Waals surface area (Å²) >= 11 is 0. The molecule has 0 bridgehead atoms. The van der Waals surface area contributed by atoms with Crippen molar-refractivity contribution in [1.29, 1.82) is 0 Å². The van der Waals surface area contributed by atoms with E-state index in [1.165, 1.54) is 37.9 Å². The van der Waals surface area contributed by atoms with E-state index in [-0.39, 0.29) is 0 Å². The quantitative estimate of drug-likeness (QED) is 0.174. The van der Waals surface area contributed by atoms with Crippen LogP contribution in [0.3, 0.4) is 0 Å². The van der Waals surface area contributed by atoms with Gasteiger partial charge in [-0.05, 0) is 79.6 Å². The summed E-state index contributed by atoms with van der Waals surface area (Å²) in [6.45, 7) is 0. The Balaban J connectivity index is 1.06. The van der Waals surface area contributed by atoms with Crippen LogP contribution < -0.4 is 10.4 Å². The van der Waals surface area contributed by atoms with Gasteiger partial charge in [0.1, 0.15) is 0 Å². The molecule has 4 heteroatoms. The Labute approximate surface area is 313 Å². The molecule has 0 saturated heterocycles. The van der Waals surface area contributed by atoms with Gasteiger partial charge in [0, 0.05) is 28.3 Å². The maximum Gasteiger partial charge on any atom is 0.164 e. The summed E-state index contributed by atoms with van der Waals surface area (Å²) in [5.74, 6) is 1.92. The van der Waals surface area contributed by atoms with Gasteiger partial charge in [-0.2, -0.15) is 0 Å². The minimum atomic E-state index is 0.634. The highest BCUT2D eigenvalue weighted by Crippen LogP contribution is 2.33. The molecule has 2 aromatic heterocycles. The Hall–Kier alpha value is -7.04. The maximum absolute atomic E-state index is 5.09. The molecule has 0 saturated carbocycles. The molecule has 0 N–H and O–H groups in total. The fourth-order valence-corrected chi connectivity index (χ4v) is 7.76. The molecule has 0 aliphatic heterocycles. The first-order valence-electron chi connectivity index (χ1n) is 18.4. The summed E-state index contributed by atoms with van der Waals surface area (Å²) in [6.07, 6.45) is 6.28. The second-order valence-corrected chi connectivity index (χ2v) is 13.7. The molecule has 0 fully saturated rings. The first kappa shape index (κ1) is 31.7. The molecule has 1 aliphatic rings. The third-order valence-corrected chi connectivity index (χ3v) is 10.5. The Kier molecular flexibility index (Phi) is 7.92. The van der Waals surface area contributed by atoms with Crippen molar-refractivity contribution >= 4 is 33.3 Å². The maximum atomic E-state index is 5.09. The van der Waals surface area contributed by atoms with Gasteiger partial charge in [-0.3, -0.25) is 4.98 Å². The van der Waals surface area contributed by atoms with Crippen LogP contribution in [0.1, 0.15) is 18.4 Å². The summed E-state index contributed by atoms with van der Waals surface area (Å²) in [6, 6.07) is 59.8. The van der Waals surface area contributed by atoms with Gasteiger partial charge in [0.05, 0.1) is 5.52 Å². The number of para-hydroxylation sites is 1. The van der Waals surface area contributed by atoms with E-state index in [0.717, 1.165) is 57.1 Å². The van der Waals surface area contributed by atoms with E-state index in [1.54, 1.807) is 0 Å². The van der Waals surface area contributed by atoms with Crippen LogP contribution in [0.5, 0.6) is 0 Å². The van der Waals surface area contributed by atoms with E-state index in [9.17, 15) is 0 Å². The van der Waals surface area contributed by atoms with Crippen molar-refractivity contribution in [2.24, 2.45) is 0 Å². The van der Waals surface area contributed by atoms with Crippen LogP contribution in [-0.4, -0.2) is 19.9 Å². The van der Waals surface area contributed by atoms with Crippen LogP contribution in [0, 0.1) is 0 Å². The van der Waals surface area contributed by atoms with Crippen LogP contribution in [0.25, 0.3) is 89.7 Å². The number of aromatic nitrogens is 4. The van der Waals surface area contributed by atoms with Crippen molar-refractivity contribution in [3.8, 4) is 56.4 Å². The average Bonchev–Trinajstić information content (AvgIpc) is 3.26. The van der Waals surface area contributed by atoms with Crippen molar-refractivity contribution in [3.05, 3.63) is 192 Å². The van der Waals surface area contributed by atoms with E-state index in [2.05, 4.69) is 169 Å². The summed E-state index contributed by atoms with van der Waals surface area (Å²) < 4.78 is 0. The molecule has 0 spiro atoms. The molecule has 0 unspecified atom stereocenters. The molecule has 1 aliphatic carbocycles.